The summed E-state index contributed by atoms with van der Waals surface area (Å²) in [4.78, 5) is 31.4. The molecule has 80 valence electrons. The van der Waals surface area contributed by atoms with E-state index >= 15 is 0 Å². The van der Waals surface area contributed by atoms with E-state index in [9.17, 15) is 19.7 Å². The number of hydrogen-bond acceptors (Lipinski definition) is 4. The molecule has 0 bridgehead atoms. The van der Waals surface area contributed by atoms with Gasteiger partial charge >= 0.3 is 5.69 Å². The minimum atomic E-state index is -0.730. The predicted molar refractivity (Wildman–Crippen MR) is 52.7 cm³/mol. The van der Waals surface area contributed by atoms with Gasteiger partial charge in [0.05, 0.1) is 11.1 Å². The molecule has 1 heterocycles. The number of aromatic nitrogens is 1. The van der Waals surface area contributed by atoms with Crippen molar-refractivity contribution in [2.75, 3.05) is 0 Å². The molecule has 0 unspecified atom stereocenters. The minimum absolute atomic E-state index is 0.00338. The molecular formula is C9H10N2O4. The molecule has 0 fully saturated rings. The van der Waals surface area contributed by atoms with Gasteiger partial charge in [-0.25, -0.2) is 0 Å². The van der Waals surface area contributed by atoms with Gasteiger partial charge < -0.3 is 4.57 Å². The van der Waals surface area contributed by atoms with Crippen LogP contribution in [0.1, 0.15) is 13.3 Å². The Bertz CT molecular complexity index is 450. The van der Waals surface area contributed by atoms with Gasteiger partial charge in [-0.1, -0.05) is 0 Å². The van der Waals surface area contributed by atoms with E-state index in [1.54, 1.807) is 0 Å². The van der Waals surface area contributed by atoms with Gasteiger partial charge in [0, 0.05) is 25.2 Å². The minimum Gasteiger partial charge on any atom is -0.348 e. The summed E-state index contributed by atoms with van der Waals surface area (Å²) in [6, 6.07) is 1.12. The van der Waals surface area contributed by atoms with Crippen LogP contribution in [0.25, 0.3) is 0 Å². The second-order valence-electron chi connectivity index (χ2n) is 3.14. The molecule has 0 atom stereocenters. The summed E-state index contributed by atoms with van der Waals surface area (Å²) in [5.74, 6) is -0.00338. The van der Waals surface area contributed by atoms with Gasteiger partial charge in [-0.05, 0) is 6.92 Å². The molecule has 1 aromatic heterocycles. The lowest BCUT2D eigenvalue weighted by atomic mass is 10.3. The van der Waals surface area contributed by atoms with E-state index in [1.807, 2.05) is 0 Å². The Morgan fingerprint density at radius 2 is 2.27 bits per heavy atom. The lowest BCUT2D eigenvalue weighted by Crippen LogP contribution is -2.11. The van der Waals surface area contributed by atoms with E-state index in [-0.39, 0.29) is 5.78 Å². The summed E-state index contributed by atoms with van der Waals surface area (Å²) in [6.07, 6.45) is 2.86. The normalized spacial score (nSPS) is 9.93. The average Bonchev–Trinajstić information content (AvgIpc) is 2.16. The van der Waals surface area contributed by atoms with Crippen LogP contribution in [0.15, 0.2) is 23.3 Å². The summed E-state index contributed by atoms with van der Waals surface area (Å²) in [5, 5.41) is 10.4. The maximum atomic E-state index is 11.0. The first kappa shape index (κ1) is 11.1. The fourth-order valence-corrected chi connectivity index (χ4v) is 1.08. The third kappa shape index (κ3) is 3.01. The van der Waals surface area contributed by atoms with Crippen molar-refractivity contribution >= 4 is 11.5 Å². The standard InChI is InChI=1S/C9H10N2O4/c1-7(12)2-4-10-5-3-9(13)8(6-10)11(14)15/h3,5-6H,2,4H2,1H3. The molecule has 0 amide bonds. The van der Waals surface area contributed by atoms with Gasteiger partial charge in [-0.15, -0.1) is 0 Å². The topological polar surface area (TPSA) is 82.2 Å². The van der Waals surface area contributed by atoms with Gasteiger partial charge in [-0.2, -0.15) is 0 Å². The van der Waals surface area contributed by atoms with Crippen molar-refractivity contribution < 1.29 is 9.72 Å². The van der Waals surface area contributed by atoms with Crippen LogP contribution in [0, 0.1) is 10.1 Å². The van der Waals surface area contributed by atoms with Crippen LogP contribution in [0.5, 0.6) is 0 Å². The Kier molecular flexibility index (Phi) is 3.33. The van der Waals surface area contributed by atoms with Gasteiger partial charge in [0.1, 0.15) is 5.78 Å². The SMILES string of the molecule is CC(=O)CCn1ccc(=O)c([N+](=O)[O-])c1. The highest BCUT2D eigenvalue weighted by Gasteiger charge is 2.11. The fraction of sp³-hybridized carbons (Fsp3) is 0.333. The number of nitro groups is 1. The van der Waals surface area contributed by atoms with Crippen LogP contribution in [0.4, 0.5) is 5.69 Å². The second-order valence-corrected chi connectivity index (χ2v) is 3.14. The summed E-state index contributed by atoms with van der Waals surface area (Å²) >= 11 is 0. The summed E-state index contributed by atoms with van der Waals surface area (Å²) < 4.78 is 1.46. The maximum absolute atomic E-state index is 11.0. The molecule has 0 saturated carbocycles. The van der Waals surface area contributed by atoms with E-state index in [4.69, 9.17) is 0 Å². The monoisotopic (exact) mass is 210 g/mol. The highest BCUT2D eigenvalue weighted by Crippen LogP contribution is 2.03. The van der Waals surface area contributed by atoms with Crippen LogP contribution >= 0.6 is 0 Å². The van der Waals surface area contributed by atoms with E-state index in [1.165, 1.54) is 17.7 Å². The Morgan fingerprint density at radius 3 is 2.80 bits per heavy atom. The Balaban J connectivity index is 2.93. The summed E-state index contributed by atoms with van der Waals surface area (Å²) in [7, 11) is 0. The molecule has 0 N–H and O–H groups in total. The van der Waals surface area contributed by atoms with Crippen molar-refractivity contribution in [2.24, 2.45) is 0 Å². The molecule has 0 saturated heterocycles. The van der Waals surface area contributed by atoms with Crippen LogP contribution in [0.3, 0.4) is 0 Å². The van der Waals surface area contributed by atoms with Gasteiger partial charge in [0.15, 0.2) is 0 Å². The van der Waals surface area contributed by atoms with Gasteiger partial charge in [0.2, 0.25) is 0 Å². The van der Waals surface area contributed by atoms with Crippen LogP contribution < -0.4 is 5.43 Å². The predicted octanol–water partition coefficient (Wildman–Crippen LogP) is 0.736. The number of rotatable bonds is 4. The molecule has 0 aliphatic heterocycles. The van der Waals surface area contributed by atoms with Crippen molar-refractivity contribution in [3.63, 3.8) is 0 Å². The van der Waals surface area contributed by atoms with Crippen molar-refractivity contribution in [1.82, 2.24) is 4.57 Å². The quantitative estimate of drug-likeness (QED) is 0.542. The maximum Gasteiger partial charge on any atom is 0.332 e. The number of carbonyl (C=O) groups is 1. The van der Waals surface area contributed by atoms with Crippen LogP contribution in [-0.2, 0) is 11.3 Å². The number of nitrogens with zero attached hydrogens (tertiary/aromatic N) is 2. The fourth-order valence-electron chi connectivity index (χ4n) is 1.08. The largest absolute Gasteiger partial charge is 0.348 e. The average molecular weight is 210 g/mol. The lowest BCUT2D eigenvalue weighted by molar-refractivity contribution is -0.386. The van der Waals surface area contributed by atoms with Gasteiger partial charge in [0.25, 0.3) is 5.43 Å². The smallest absolute Gasteiger partial charge is 0.332 e. The zero-order chi connectivity index (χ0) is 11.4. The van der Waals surface area contributed by atoms with E-state index < -0.39 is 16.0 Å². The van der Waals surface area contributed by atoms with Crippen molar-refractivity contribution in [1.29, 1.82) is 0 Å². The van der Waals surface area contributed by atoms with E-state index in [2.05, 4.69) is 0 Å². The number of ketones is 1. The molecule has 6 nitrogen and oxygen atoms in total. The van der Waals surface area contributed by atoms with Crippen molar-refractivity contribution in [3.8, 4) is 0 Å². The van der Waals surface area contributed by atoms with Crippen LogP contribution in [-0.4, -0.2) is 15.3 Å². The number of aryl methyl sites for hydroxylation is 1. The van der Waals surface area contributed by atoms with E-state index in [0.717, 1.165) is 12.3 Å². The molecule has 15 heavy (non-hydrogen) atoms. The number of Topliss-reactive ketones (excluding diaryl/α,β-unsaturated/α-hetero) is 1. The van der Waals surface area contributed by atoms with Crippen molar-refractivity contribution in [2.45, 2.75) is 19.9 Å². The molecule has 0 aliphatic rings. The lowest BCUT2D eigenvalue weighted by Gasteiger charge is -2.03. The first-order valence-electron chi connectivity index (χ1n) is 4.34. The first-order chi connectivity index (χ1) is 7.00. The molecule has 1 aromatic rings. The Hall–Kier alpha value is -1.98. The molecule has 0 spiro atoms. The molecule has 0 aromatic carbocycles. The number of pyridine rings is 1. The highest BCUT2D eigenvalue weighted by atomic mass is 16.6. The number of hydrogen-bond donors (Lipinski definition) is 0. The molecule has 1 rings (SSSR count). The molecule has 0 radical (unpaired) electrons. The summed E-state index contributed by atoms with van der Waals surface area (Å²) in [6.45, 7) is 1.79. The van der Waals surface area contributed by atoms with E-state index in [0.29, 0.717) is 13.0 Å². The van der Waals surface area contributed by atoms with Gasteiger partial charge in [-0.3, -0.25) is 19.7 Å². The van der Waals surface area contributed by atoms with Crippen LogP contribution in [0.2, 0.25) is 0 Å². The molecular weight excluding hydrogens is 200 g/mol. The van der Waals surface area contributed by atoms with Crippen molar-refractivity contribution in [3.05, 3.63) is 38.8 Å². The number of carbonyl (C=O) groups excluding carboxylic acids is 1. The molecule has 0 aliphatic carbocycles. The zero-order valence-electron chi connectivity index (χ0n) is 8.17. The Morgan fingerprint density at radius 1 is 1.60 bits per heavy atom. The highest BCUT2D eigenvalue weighted by molar-refractivity contribution is 5.75. The third-order valence-electron chi connectivity index (χ3n) is 1.88. The summed E-state index contributed by atoms with van der Waals surface area (Å²) in [5.41, 5.74) is -1.10. The first-order valence-corrected chi connectivity index (χ1v) is 4.34. The Labute approximate surface area is 85.3 Å². The second kappa shape index (κ2) is 4.50. The third-order valence-corrected chi connectivity index (χ3v) is 1.88. The molecule has 6 heteroatoms. The zero-order valence-corrected chi connectivity index (χ0v) is 8.17.